The van der Waals surface area contributed by atoms with Crippen LogP contribution in [0.3, 0.4) is 0 Å². The Balaban J connectivity index is 1.65. The molecule has 24 heavy (non-hydrogen) atoms. The number of halogens is 1. The summed E-state index contributed by atoms with van der Waals surface area (Å²) in [5, 5.41) is 9.03. The van der Waals surface area contributed by atoms with E-state index in [0.717, 1.165) is 43.2 Å². The van der Waals surface area contributed by atoms with Crippen molar-refractivity contribution >= 4 is 5.91 Å². The molecule has 0 aromatic carbocycles. The lowest BCUT2D eigenvalue weighted by Gasteiger charge is -2.60. The monoisotopic (exact) mass is 327 g/mol. The van der Waals surface area contributed by atoms with Crippen LogP contribution in [0.4, 0.5) is 4.39 Å². The number of carbonyl (C=O) groups is 1. The molecule has 0 radical (unpaired) electrons. The molecule has 5 heteroatoms. The molecule has 4 nitrogen and oxygen atoms in total. The van der Waals surface area contributed by atoms with Crippen LogP contribution in [0.15, 0.2) is 18.3 Å². The zero-order valence-corrected chi connectivity index (χ0v) is 13.7. The SMILES string of the molecule is N#CCCN(C(=O)c1ccc(F)cn1)C12CC3CC(CC(C3)C1)C2. The second kappa shape index (κ2) is 5.84. The lowest BCUT2D eigenvalue weighted by Crippen LogP contribution is -2.61. The smallest absolute Gasteiger partial charge is 0.272 e. The number of pyridine rings is 1. The van der Waals surface area contributed by atoms with Crippen molar-refractivity contribution in [3.8, 4) is 6.07 Å². The number of nitrogens with zero attached hydrogens (tertiary/aromatic N) is 3. The molecular formula is C19H22FN3O. The summed E-state index contributed by atoms with van der Waals surface area (Å²) in [6.07, 6.45) is 8.48. The van der Waals surface area contributed by atoms with Crippen molar-refractivity contribution in [3.05, 3.63) is 29.8 Å². The summed E-state index contributed by atoms with van der Waals surface area (Å²) < 4.78 is 13.1. The molecule has 0 aliphatic heterocycles. The highest BCUT2D eigenvalue weighted by molar-refractivity contribution is 5.92. The highest BCUT2D eigenvalue weighted by Gasteiger charge is 2.54. The fraction of sp³-hybridized carbons (Fsp3) is 0.632. The van der Waals surface area contributed by atoms with E-state index in [1.54, 1.807) is 0 Å². The Morgan fingerprint density at radius 1 is 1.25 bits per heavy atom. The number of rotatable bonds is 4. The van der Waals surface area contributed by atoms with Crippen LogP contribution in [-0.2, 0) is 0 Å². The van der Waals surface area contributed by atoms with Gasteiger partial charge in [-0.05, 0) is 68.4 Å². The molecule has 1 amide bonds. The summed E-state index contributed by atoms with van der Waals surface area (Å²) in [6.45, 7) is 0.445. The van der Waals surface area contributed by atoms with Gasteiger partial charge >= 0.3 is 0 Å². The molecule has 0 spiro atoms. The predicted octanol–water partition coefficient (Wildman–Crippen LogP) is 3.55. The van der Waals surface area contributed by atoms with Gasteiger partial charge < -0.3 is 4.90 Å². The number of carbonyl (C=O) groups excluding carboxylic acids is 1. The minimum atomic E-state index is -0.440. The van der Waals surface area contributed by atoms with Gasteiger partial charge in [0.25, 0.3) is 5.91 Å². The topological polar surface area (TPSA) is 57.0 Å². The normalized spacial score (nSPS) is 33.2. The lowest BCUT2D eigenvalue weighted by atomic mass is 9.52. The number of amides is 1. The average Bonchev–Trinajstić information content (AvgIpc) is 2.54. The second-order valence-electron chi connectivity index (χ2n) is 7.87. The van der Waals surface area contributed by atoms with Crippen molar-refractivity contribution in [2.45, 2.75) is 50.5 Å². The maximum absolute atomic E-state index is 13.1. The lowest BCUT2D eigenvalue weighted by molar-refractivity contribution is -0.0742. The van der Waals surface area contributed by atoms with Gasteiger partial charge in [0.2, 0.25) is 0 Å². The molecule has 5 rings (SSSR count). The first kappa shape index (κ1) is 15.6. The maximum Gasteiger partial charge on any atom is 0.272 e. The van der Waals surface area contributed by atoms with Crippen LogP contribution in [0, 0.1) is 34.9 Å². The van der Waals surface area contributed by atoms with Crippen molar-refractivity contribution in [3.63, 3.8) is 0 Å². The van der Waals surface area contributed by atoms with Crippen LogP contribution in [0.2, 0.25) is 0 Å². The first-order valence-corrected chi connectivity index (χ1v) is 8.90. The molecule has 0 saturated heterocycles. The summed E-state index contributed by atoms with van der Waals surface area (Å²) in [6, 6.07) is 4.91. The molecular weight excluding hydrogens is 305 g/mol. The standard InChI is InChI=1S/C19H22FN3O/c20-16-2-3-17(22-12-16)18(24)23(5-1-4-21)19-9-13-6-14(10-19)8-15(7-13)11-19/h2-3,12-15H,1,5-11H2. The zero-order valence-electron chi connectivity index (χ0n) is 13.7. The van der Waals surface area contributed by atoms with Gasteiger partial charge in [-0.1, -0.05) is 0 Å². The molecule has 1 heterocycles. The Kier molecular flexibility index (Phi) is 3.79. The number of hydrogen-bond acceptors (Lipinski definition) is 3. The van der Waals surface area contributed by atoms with E-state index in [4.69, 9.17) is 5.26 Å². The Morgan fingerprint density at radius 2 is 1.88 bits per heavy atom. The summed E-state index contributed by atoms with van der Waals surface area (Å²) in [5.41, 5.74) is 0.170. The van der Waals surface area contributed by atoms with E-state index in [9.17, 15) is 9.18 Å². The fourth-order valence-electron chi connectivity index (χ4n) is 5.75. The third kappa shape index (κ3) is 2.58. The van der Waals surface area contributed by atoms with E-state index in [0.29, 0.717) is 13.0 Å². The van der Waals surface area contributed by atoms with Crippen LogP contribution in [0.1, 0.15) is 55.4 Å². The van der Waals surface area contributed by atoms with Gasteiger partial charge in [0.15, 0.2) is 0 Å². The molecule has 1 aromatic rings. The van der Waals surface area contributed by atoms with Gasteiger partial charge in [-0.25, -0.2) is 9.37 Å². The molecule has 0 atom stereocenters. The first-order chi connectivity index (χ1) is 11.6. The third-order valence-electron chi connectivity index (χ3n) is 6.22. The molecule has 1 aromatic heterocycles. The predicted molar refractivity (Wildman–Crippen MR) is 86.4 cm³/mol. The molecule has 4 bridgehead atoms. The average molecular weight is 327 g/mol. The molecule has 4 saturated carbocycles. The van der Waals surface area contributed by atoms with Crippen molar-refractivity contribution < 1.29 is 9.18 Å². The van der Waals surface area contributed by atoms with Crippen LogP contribution in [-0.4, -0.2) is 27.9 Å². The van der Waals surface area contributed by atoms with Crippen molar-refractivity contribution in [2.24, 2.45) is 17.8 Å². The van der Waals surface area contributed by atoms with Crippen LogP contribution >= 0.6 is 0 Å². The van der Waals surface area contributed by atoms with Gasteiger partial charge in [0, 0.05) is 12.1 Å². The summed E-state index contributed by atoms with van der Waals surface area (Å²) in [4.78, 5) is 19.0. The third-order valence-corrected chi connectivity index (χ3v) is 6.22. The van der Waals surface area contributed by atoms with Gasteiger partial charge in [0.1, 0.15) is 11.5 Å². The quantitative estimate of drug-likeness (QED) is 0.850. The molecule has 0 unspecified atom stereocenters. The number of nitriles is 1. The van der Waals surface area contributed by atoms with E-state index in [-0.39, 0.29) is 17.1 Å². The minimum absolute atomic E-state index is 0.112. The van der Waals surface area contributed by atoms with Gasteiger partial charge in [-0.3, -0.25) is 4.79 Å². The molecule has 4 aliphatic rings. The van der Waals surface area contributed by atoms with Gasteiger partial charge in [0.05, 0.1) is 18.7 Å². The van der Waals surface area contributed by atoms with E-state index < -0.39 is 5.82 Å². The highest BCUT2D eigenvalue weighted by Crippen LogP contribution is 2.58. The number of aromatic nitrogens is 1. The second-order valence-corrected chi connectivity index (χ2v) is 7.87. The molecule has 126 valence electrons. The van der Waals surface area contributed by atoms with Crippen molar-refractivity contribution in [2.75, 3.05) is 6.54 Å². The molecule has 4 fully saturated rings. The van der Waals surface area contributed by atoms with E-state index in [1.165, 1.54) is 31.4 Å². The summed E-state index contributed by atoms with van der Waals surface area (Å²) in [7, 11) is 0. The van der Waals surface area contributed by atoms with Crippen molar-refractivity contribution in [1.82, 2.24) is 9.88 Å². The van der Waals surface area contributed by atoms with E-state index in [1.807, 2.05) is 4.90 Å². The minimum Gasteiger partial charge on any atom is -0.331 e. The highest BCUT2D eigenvalue weighted by atomic mass is 19.1. The van der Waals surface area contributed by atoms with Crippen LogP contribution in [0.5, 0.6) is 0 Å². The zero-order chi connectivity index (χ0) is 16.7. The Morgan fingerprint density at radius 3 is 2.38 bits per heavy atom. The largest absolute Gasteiger partial charge is 0.331 e. The van der Waals surface area contributed by atoms with E-state index >= 15 is 0 Å². The Labute approximate surface area is 141 Å². The summed E-state index contributed by atoms with van der Waals surface area (Å²) in [5.74, 6) is 1.57. The molecule has 0 N–H and O–H groups in total. The Bertz CT molecular complexity index is 644. The maximum atomic E-state index is 13.1. The molecule has 4 aliphatic carbocycles. The van der Waals surface area contributed by atoms with Gasteiger partial charge in [-0.2, -0.15) is 5.26 Å². The van der Waals surface area contributed by atoms with Crippen molar-refractivity contribution in [1.29, 1.82) is 5.26 Å². The first-order valence-electron chi connectivity index (χ1n) is 8.90. The van der Waals surface area contributed by atoms with Gasteiger partial charge in [-0.15, -0.1) is 0 Å². The van der Waals surface area contributed by atoms with E-state index in [2.05, 4.69) is 11.1 Å². The van der Waals surface area contributed by atoms with Crippen LogP contribution < -0.4 is 0 Å². The van der Waals surface area contributed by atoms with Crippen LogP contribution in [0.25, 0.3) is 0 Å². The summed E-state index contributed by atoms with van der Waals surface area (Å²) >= 11 is 0. The number of hydrogen-bond donors (Lipinski definition) is 0. The fourth-order valence-corrected chi connectivity index (χ4v) is 5.75. The Hall–Kier alpha value is -1.96.